The highest BCUT2D eigenvalue weighted by molar-refractivity contribution is 5.92. The molecule has 2 heteroatoms. The predicted octanol–water partition coefficient (Wildman–Crippen LogP) is 0.514. The van der Waals surface area contributed by atoms with E-state index in [0.29, 0.717) is 5.57 Å². The van der Waals surface area contributed by atoms with Crippen LogP contribution in [0.4, 0.5) is 0 Å². The Hall–Kier alpha value is -0.630. The van der Waals surface area contributed by atoms with Crippen LogP contribution in [0.3, 0.4) is 0 Å². The molecule has 0 fully saturated rings. The Balaban J connectivity index is 3.80. The Bertz CT molecular complexity index is 114. The van der Waals surface area contributed by atoms with Gasteiger partial charge in [-0.05, 0) is 19.4 Å². The summed E-state index contributed by atoms with van der Waals surface area (Å²) in [4.78, 5) is 10.4. The van der Waals surface area contributed by atoms with Gasteiger partial charge in [0.1, 0.15) is 0 Å². The van der Waals surface area contributed by atoms with E-state index in [9.17, 15) is 4.79 Å². The summed E-state index contributed by atoms with van der Waals surface area (Å²) in [6, 6.07) is 0. The first-order chi connectivity index (χ1) is 3.68. The first-order valence-corrected chi connectivity index (χ1v) is 2.47. The van der Waals surface area contributed by atoms with Crippen molar-refractivity contribution in [1.29, 1.82) is 0 Å². The molecule has 0 aliphatic rings. The molecule has 0 saturated heterocycles. The molecule has 0 aromatic rings. The number of hydrogen-bond acceptors (Lipinski definition) is 2. The van der Waals surface area contributed by atoms with Gasteiger partial charge < -0.3 is 5.11 Å². The van der Waals surface area contributed by atoms with E-state index in [-0.39, 0.29) is 12.4 Å². The number of Topliss-reactive ketones (excluding diaryl/α,β-unsaturated/α-hetero) is 1. The van der Waals surface area contributed by atoms with E-state index in [4.69, 9.17) is 5.11 Å². The number of carbonyl (C=O) groups is 1. The van der Waals surface area contributed by atoms with E-state index in [2.05, 4.69) is 0 Å². The van der Waals surface area contributed by atoms with Crippen molar-refractivity contribution in [3.63, 3.8) is 0 Å². The van der Waals surface area contributed by atoms with E-state index in [1.54, 1.807) is 6.92 Å². The Morgan fingerprint density at radius 3 is 2.25 bits per heavy atom. The molecule has 0 unspecified atom stereocenters. The average molecular weight is 114 g/mol. The number of rotatable bonds is 2. The van der Waals surface area contributed by atoms with Gasteiger partial charge in [0, 0.05) is 0 Å². The minimum atomic E-state index is -0.0502. The third-order valence-corrected chi connectivity index (χ3v) is 0.953. The predicted molar refractivity (Wildman–Crippen MR) is 31.5 cm³/mol. The number of ketones is 1. The topological polar surface area (TPSA) is 37.3 Å². The normalized spacial score (nSPS) is 11.6. The van der Waals surface area contributed by atoms with Gasteiger partial charge in [-0.25, -0.2) is 0 Å². The molecule has 0 aromatic heterocycles. The molecule has 0 atom stereocenters. The van der Waals surface area contributed by atoms with Gasteiger partial charge in [0.05, 0.1) is 6.61 Å². The van der Waals surface area contributed by atoms with Gasteiger partial charge in [0.2, 0.25) is 0 Å². The zero-order chi connectivity index (χ0) is 6.57. The molecular formula is C6H10O2. The lowest BCUT2D eigenvalue weighted by Crippen LogP contribution is -1.91. The van der Waals surface area contributed by atoms with Crippen LogP contribution in [0.15, 0.2) is 11.6 Å². The minimum Gasteiger partial charge on any atom is -0.392 e. The molecule has 0 saturated carbocycles. The molecule has 0 aliphatic carbocycles. The Morgan fingerprint density at radius 1 is 1.62 bits per heavy atom. The van der Waals surface area contributed by atoms with Crippen LogP contribution in [0, 0.1) is 0 Å². The smallest absolute Gasteiger partial charge is 0.155 e. The van der Waals surface area contributed by atoms with Crippen molar-refractivity contribution in [3.05, 3.63) is 11.6 Å². The highest BCUT2D eigenvalue weighted by Gasteiger charge is 1.91. The lowest BCUT2D eigenvalue weighted by atomic mass is 10.2. The fraction of sp³-hybridized carbons (Fsp3) is 0.500. The minimum absolute atomic E-state index is 0.0130. The molecule has 0 rings (SSSR count). The van der Waals surface area contributed by atoms with Crippen molar-refractivity contribution >= 4 is 5.78 Å². The van der Waals surface area contributed by atoms with E-state index in [1.807, 2.05) is 0 Å². The molecule has 0 aliphatic heterocycles. The molecule has 0 heterocycles. The zero-order valence-electron chi connectivity index (χ0n) is 5.14. The van der Waals surface area contributed by atoms with Crippen molar-refractivity contribution in [2.24, 2.45) is 0 Å². The van der Waals surface area contributed by atoms with Crippen molar-refractivity contribution in [2.75, 3.05) is 6.61 Å². The summed E-state index contributed by atoms with van der Waals surface area (Å²) in [5.74, 6) is 0.0130. The maximum atomic E-state index is 10.4. The molecular weight excluding hydrogens is 104 g/mol. The van der Waals surface area contributed by atoms with Gasteiger partial charge in [0.15, 0.2) is 5.78 Å². The highest BCUT2D eigenvalue weighted by Crippen LogP contribution is 1.90. The molecule has 0 spiro atoms. The third-order valence-electron chi connectivity index (χ3n) is 0.953. The number of hydrogen-bond donors (Lipinski definition) is 1. The molecule has 0 radical (unpaired) electrons. The number of aliphatic hydroxyl groups excluding tert-OH is 1. The first-order valence-electron chi connectivity index (χ1n) is 2.47. The van der Waals surface area contributed by atoms with Gasteiger partial charge in [0.25, 0.3) is 0 Å². The van der Waals surface area contributed by atoms with E-state index < -0.39 is 0 Å². The Kier molecular flexibility index (Phi) is 3.12. The van der Waals surface area contributed by atoms with Gasteiger partial charge in [-0.2, -0.15) is 0 Å². The van der Waals surface area contributed by atoms with Crippen LogP contribution in [-0.2, 0) is 4.79 Å². The lowest BCUT2D eigenvalue weighted by molar-refractivity contribution is -0.113. The van der Waals surface area contributed by atoms with Crippen LogP contribution < -0.4 is 0 Å². The number of aliphatic hydroxyl groups is 1. The Labute approximate surface area is 48.8 Å². The van der Waals surface area contributed by atoms with Gasteiger partial charge >= 0.3 is 0 Å². The van der Waals surface area contributed by atoms with Gasteiger partial charge in [-0.3, -0.25) is 4.79 Å². The van der Waals surface area contributed by atoms with Crippen LogP contribution >= 0.6 is 0 Å². The maximum absolute atomic E-state index is 10.4. The summed E-state index contributed by atoms with van der Waals surface area (Å²) in [5, 5.41) is 8.26. The molecule has 46 valence electrons. The maximum Gasteiger partial charge on any atom is 0.155 e. The number of carbonyl (C=O) groups excluding carboxylic acids is 1. The molecule has 8 heavy (non-hydrogen) atoms. The fourth-order valence-electron chi connectivity index (χ4n) is 0.281. The van der Waals surface area contributed by atoms with E-state index in [0.717, 1.165) is 0 Å². The van der Waals surface area contributed by atoms with Gasteiger partial charge in [-0.1, -0.05) is 6.08 Å². The summed E-state index contributed by atoms with van der Waals surface area (Å²) in [7, 11) is 0. The summed E-state index contributed by atoms with van der Waals surface area (Å²) < 4.78 is 0. The summed E-state index contributed by atoms with van der Waals surface area (Å²) in [5.41, 5.74) is 0.618. The quantitative estimate of drug-likeness (QED) is 0.531. The molecule has 0 bridgehead atoms. The van der Waals surface area contributed by atoms with Crippen LogP contribution in [-0.4, -0.2) is 17.5 Å². The highest BCUT2D eigenvalue weighted by atomic mass is 16.2. The second-order valence-corrected chi connectivity index (χ2v) is 1.63. The monoisotopic (exact) mass is 114 g/mol. The van der Waals surface area contributed by atoms with E-state index >= 15 is 0 Å². The lowest BCUT2D eigenvalue weighted by Gasteiger charge is -1.88. The molecule has 1 N–H and O–H groups in total. The third kappa shape index (κ3) is 2.53. The van der Waals surface area contributed by atoms with Crippen LogP contribution in [0.1, 0.15) is 13.8 Å². The van der Waals surface area contributed by atoms with Crippen LogP contribution in [0.25, 0.3) is 0 Å². The largest absolute Gasteiger partial charge is 0.392 e. The van der Waals surface area contributed by atoms with Crippen LogP contribution in [0.5, 0.6) is 0 Å². The van der Waals surface area contributed by atoms with Crippen molar-refractivity contribution in [3.8, 4) is 0 Å². The zero-order valence-corrected chi connectivity index (χ0v) is 5.14. The number of allylic oxidation sites excluding steroid dienone is 1. The summed E-state index contributed by atoms with van der Waals surface area (Å²) in [6.45, 7) is 3.10. The van der Waals surface area contributed by atoms with Crippen molar-refractivity contribution in [1.82, 2.24) is 0 Å². The molecule has 2 nitrogen and oxygen atoms in total. The van der Waals surface area contributed by atoms with Crippen LogP contribution in [0.2, 0.25) is 0 Å². The average Bonchev–Trinajstić information content (AvgIpc) is 1.67. The summed E-state index contributed by atoms with van der Waals surface area (Å²) >= 11 is 0. The SMILES string of the molecule is CC(=O)/C(C)=C/CO. The Morgan fingerprint density at radius 2 is 2.12 bits per heavy atom. The standard InChI is InChI=1S/C6H10O2/c1-5(3-4-7)6(2)8/h3,7H,4H2,1-2H3/b5-3+. The second-order valence-electron chi connectivity index (χ2n) is 1.63. The van der Waals surface area contributed by atoms with Crippen molar-refractivity contribution in [2.45, 2.75) is 13.8 Å². The molecule has 0 aromatic carbocycles. The second kappa shape index (κ2) is 3.38. The van der Waals surface area contributed by atoms with Gasteiger partial charge in [-0.15, -0.1) is 0 Å². The summed E-state index contributed by atoms with van der Waals surface area (Å²) in [6.07, 6.45) is 1.49. The molecule has 0 amide bonds. The van der Waals surface area contributed by atoms with Crippen molar-refractivity contribution < 1.29 is 9.90 Å². The fourth-order valence-corrected chi connectivity index (χ4v) is 0.281. The first kappa shape index (κ1) is 7.37. The van der Waals surface area contributed by atoms with E-state index in [1.165, 1.54) is 13.0 Å².